The zero-order valence-corrected chi connectivity index (χ0v) is 15.9. The lowest BCUT2D eigenvalue weighted by molar-refractivity contribution is 0.0265. The molecule has 1 fully saturated rings. The Hall–Kier alpha value is -1.62. The van der Waals surface area contributed by atoms with E-state index in [1.165, 1.54) is 5.56 Å². The Morgan fingerprint density at radius 1 is 1.38 bits per heavy atom. The molecule has 1 aromatic carbocycles. The highest BCUT2D eigenvalue weighted by atomic mass is 32.1. The summed E-state index contributed by atoms with van der Waals surface area (Å²) in [6.45, 7) is 8.48. The van der Waals surface area contributed by atoms with Gasteiger partial charge in [-0.3, -0.25) is 4.90 Å². The van der Waals surface area contributed by atoms with Crippen molar-refractivity contribution in [2.24, 2.45) is 0 Å². The molecule has 1 heterocycles. The minimum absolute atomic E-state index is 0.0763. The maximum atomic E-state index is 12.4. The van der Waals surface area contributed by atoms with E-state index in [0.29, 0.717) is 6.54 Å². The summed E-state index contributed by atoms with van der Waals surface area (Å²) < 4.78 is 5.52. The number of thiocarbonyl (C=S) groups is 1. The highest BCUT2D eigenvalue weighted by molar-refractivity contribution is 7.80. The Labute approximate surface area is 150 Å². The minimum atomic E-state index is -0.491. The normalized spacial score (nSPS) is 19.0. The van der Waals surface area contributed by atoms with Crippen molar-refractivity contribution in [2.75, 3.05) is 6.54 Å². The zero-order valence-electron chi connectivity index (χ0n) is 15.0. The van der Waals surface area contributed by atoms with Crippen LogP contribution in [0.4, 0.5) is 4.79 Å². The lowest BCUT2D eigenvalue weighted by Gasteiger charge is -2.30. The lowest BCUT2D eigenvalue weighted by Crippen LogP contribution is -2.47. The van der Waals surface area contributed by atoms with E-state index in [0.717, 1.165) is 24.3 Å². The Morgan fingerprint density at radius 3 is 2.62 bits per heavy atom. The molecular formula is C19H28N2O2S. The van der Waals surface area contributed by atoms with E-state index in [9.17, 15) is 4.79 Å². The summed E-state index contributed by atoms with van der Waals surface area (Å²) >= 11 is 5.63. The fourth-order valence-corrected chi connectivity index (χ4v) is 3.34. The van der Waals surface area contributed by atoms with E-state index in [4.69, 9.17) is 17.0 Å². The van der Waals surface area contributed by atoms with Crippen molar-refractivity contribution in [1.82, 2.24) is 10.2 Å². The molecule has 132 valence electrons. The summed E-state index contributed by atoms with van der Waals surface area (Å²) in [5, 5.41) is 3.45. The van der Waals surface area contributed by atoms with Crippen LogP contribution in [-0.4, -0.2) is 34.2 Å². The average Bonchev–Trinajstić information content (AvgIpc) is 3.01. The molecule has 2 rings (SSSR count). The number of hydrogen-bond donors (Lipinski definition) is 1. The molecule has 0 unspecified atom stereocenters. The zero-order chi connectivity index (χ0) is 17.7. The largest absolute Gasteiger partial charge is 0.444 e. The third-order valence-corrected chi connectivity index (χ3v) is 4.50. The molecule has 1 saturated heterocycles. The van der Waals surface area contributed by atoms with E-state index in [-0.39, 0.29) is 18.2 Å². The number of nitrogens with zero attached hydrogens (tertiary/aromatic N) is 1. The molecule has 0 aliphatic carbocycles. The predicted molar refractivity (Wildman–Crippen MR) is 101 cm³/mol. The van der Waals surface area contributed by atoms with Crippen LogP contribution in [0.15, 0.2) is 30.3 Å². The van der Waals surface area contributed by atoms with Crippen LogP contribution in [0.5, 0.6) is 0 Å². The van der Waals surface area contributed by atoms with Gasteiger partial charge in [0.2, 0.25) is 0 Å². The highest BCUT2D eigenvalue weighted by Gasteiger charge is 2.35. The third-order valence-electron chi connectivity index (χ3n) is 4.11. The standard InChI is InChI=1S/C19H28N2O2S/c1-5-15(14-10-7-6-8-11-14)20-17(24)16-12-9-13-21(16)18(22)23-19(2,3)4/h6-8,10-11,15-16H,5,9,12-13H2,1-4H3,(H,20,24)/t15-,16+/m1/s1. The topological polar surface area (TPSA) is 41.6 Å². The number of nitrogens with one attached hydrogen (secondary N) is 1. The van der Waals surface area contributed by atoms with E-state index in [2.05, 4.69) is 24.4 Å². The predicted octanol–water partition coefficient (Wildman–Crippen LogP) is 4.45. The van der Waals surface area contributed by atoms with Gasteiger partial charge in [-0.05, 0) is 45.6 Å². The third kappa shape index (κ3) is 4.94. The summed E-state index contributed by atoms with van der Waals surface area (Å²) in [6.07, 6.45) is 2.50. The fourth-order valence-electron chi connectivity index (χ4n) is 2.95. The number of likely N-dealkylation sites (tertiary alicyclic amines) is 1. The molecule has 0 aromatic heterocycles. The molecule has 1 aliphatic heterocycles. The summed E-state index contributed by atoms with van der Waals surface area (Å²) in [4.78, 5) is 14.9. The van der Waals surface area contributed by atoms with Gasteiger partial charge in [-0.15, -0.1) is 0 Å². The van der Waals surface area contributed by atoms with E-state index >= 15 is 0 Å². The maximum Gasteiger partial charge on any atom is 0.410 e. The first-order valence-corrected chi connectivity index (χ1v) is 9.07. The van der Waals surface area contributed by atoms with Crippen LogP contribution in [0.1, 0.15) is 58.6 Å². The molecule has 0 saturated carbocycles. The number of carbonyl (C=O) groups excluding carboxylic acids is 1. The quantitative estimate of drug-likeness (QED) is 0.816. The van der Waals surface area contributed by atoms with Crippen molar-refractivity contribution < 1.29 is 9.53 Å². The van der Waals surface area contributed by atoms with E-state index < -0.39 is 5.60 Å². The molecule has 0 radical (unpaired) electrons. The molecule has 1 aromatic rings. The summed E-state index contributed by atoms with van der Waals surface area (Å²) in [5.74, 6) is 0. The molecule has 2 atom stereocenters. The van der Waals surface area contributed by atoms with Gasteiger partial charge in [0.05, 0.1) is 17.1 Å². The molecule has 4 nitrogen and oxygen atoms in total. The molecule has 1 N–H and O–H groups in total. The van der Waals surface area contributed by atoms with E-state index in [1.807, 2.05) is 39.0 Å². The van der Waals surface area contributed by atoms with Gasteiger partial charge in [-0.2, -0.15) is 0 Å². The Kier molecular flexibility index (Phi) is 6.21. The maximum absolute atomic E-state index is 12.4. The second-order valence-corrected chi connectivity index (χ2v) is 7.65. The van der Waals surface area contributed by atoms with Gasteiger partial charge in [-0.25, -0.2) is 4.79 Å². The van der Waals surface area contributed by atoms with E-state index in [1.54, 1.807) is 4.90 Å². The van der Waals surface area contributed by atoms with Gasteiger partial charge in [0, 0.05) is 6.54 Å². The number of benzene rings is 1. The van der Waals surface area contributed by atoms with Gasteiger partial charge in [0.15, 0.2) is 0 Å². The fraction of sp³-hybridized carbons (Fsp3) is 0.579. The summed E-state index contributed by atoms with van der Waals surface area (Å²) in [7, 11) is 0. The lowest BCUT2D eigenvalue weighted by atomic mass is 10.0. The number of hydrogen-bond acceptors (Lipinski definition) is 3. The SMILES string of the molecule is CC[C@@H](NC(=S)[C@@H]1CCCN1C(=O)OC(C)(C)C)c1ccccc1. The molecule has 0 spiro atoms. The number of carbonyl (C=O) groups is 1. The Morgan fingerprint density at radius 2 is 2.04 bits per heavy atom. The monoisotopic (exact) mass is 348 g/mol. The van der Waals surface area contributed by atoms with Crippen LogP contribution >= 0.6 is 12.2 Å². The van der Waals surface area contributed by atoms with Gasteiger partial charge in [0.1, 0.15) is 5.60 Å². The van der Waals surface area contributed by atoms with Crippen molar-refractivity contribution in [3.63, 3.8) is 0 Å². The first-order valence-electron chi connectivity index (χ1n) is 8.66. The number of ether oxygens (including phenoxy) is 1. The van der Waals surface area contributed by atoms with Gasteiger partial charge < -0.3 is 10.1 Å². The van der Waals surface area contributed by atoms with Gasteiger partial charge >= 0.3 is 6.09 Å². The number of rotatable bonds is 4. The first kappa shape index (κ1) is 18.7. The molecular weight excluding hydrogens is 320 g/mol. The Bertz CT molecular complexity index is 568. The van der Waals surface area contributed by atoms with Crippen LogP contribution in [0, 0.1) is 0 Å². The van der Waals surface area contributed by atoms with Crippen LogP contribution in [0.2, 0.25) is 0 Å². The van der Waals surface area contributed by atoms with Crippen LogP contribution in [0.25, 0.3) is 0 Å². The minimum Gasteiger partial charge on any atom is -0.444 e. The van der Waals surface area contributed by atoms with Crippen LogP contribution in [-0.2, 0) is 4.74 Å². The van der Waals surface area contributed by atoms with Crippen molar-refractivity contribution in [2.45, 2.75) is 64.6 Å². The van der Waals surface area contributed by atoms with Crippen molar-refractivity contribution in [3.05, 3.63) is 35.9 Å². The smallest absolute Gasteiger partial charge is 0.410 e. The van der Waals surface area contributed by atoms with Crippen molar-refractivity contribution in [1.29, 1.82) is 0 Å². The second kappa shape index (κ2) is 7.97. The Balaban J connectivity index is 2.03. The van der Waals surface area contributed by atoms with Crippen LogP contribution in [0.3, 0.4) is 0 Å². The first-order chi connectivity index (χ1) is 11.3. The molecule has 0 bridgehead atoms. The summed E-state index contributed by atoms with van der Waals surface area (Å²) in [6, 6.07) is 10.4. The van der Waals surface area contributed by atoms with Gasteiger partial charge in [0.25, 0.3) is 0 Å². The molecule has 1 amide bonds. The molecule has 5 heteroatoms. The summed E-state index contributed by atoms with van der Waals surface area (Å²) in [5.41, 5.74) is 0.721. The highest BCUT2D eigenvalue weighted by Crippen LogP contribution is 2.23. The average molecular weight is 349 g/mol. The van der Waals surface area contributed by atoms with Crippen molar-refractivity contribution >= 4 is 23.3 Å². The molecule has 24 heavy (non-hydrogen) atoms. The van der Waals surface area contributed by atoms with Gasteiger partial charge in [-0.1, -0.05) is 49.5 Å². The second-order valence-electron chi connectivity index (χ2n) is 7.21. The number of amides is 1. The van der Waals surface area contributed by atoms with Crippen molar-refractivity contribution in [3.8, 4) is 0 Å². The van der Waals surface area contributed by atoms with Crippen LogP contribution < -0.4 is 5.32 Å². The molecule has 1 aliphatic rings.